The molecule has 2 rings (SSSR count). The van der Waals surface area contributed by atoms with Gasteiger partial charge < -0.3 is 9.84 Å². The Kier molecular flexibility index (Phi) is 3.48. The Bertz CT molecular complexity index is 388. The van der Waals surface area contributed by atoms with Crippen LogP contribution in [-0.4, -0.2) is 17.7 Å². The van der Waals surface area contributed by atoms with E-state index in [0.717, 1.165) is 18.4 Å². The predicted octanol–water partition coefficient (Wildman–Crippen LogP) is 2.80. The summed E-state index contributed by atoms with van der Waals surface area (Å²) in [6, 6.07) is 9.72. The van der Waals surface area contributed by atoms with E-state index in [1.54, 1.807) is 0 Å². The van der Waals surface area contributed by atoms with Crippen molar-refractivity contribution in [2.45, 2.75) is 31.8 Å². The lowest BCUT2D eigenvalue weighted by Crippen LogP contribution is -2.38. The van der Waals surface area contributed by atoms with Gasteiger partial charge in [-0.25, -0.2) is 0 Å². The smallest absolute Gasteiger partial charge is 0.306 e. The lowest BCUT2D eigenvalue weighted by molar-refractivity contribution is -0.154. The minimum Gasteiger partial charge on any atom is -0.481 e. The van der Waals surface area contributed by atoms with Gasteiger partial charge in [-0.2, -0.15) is 0 Å². The largest absolute Gasteiger partial charge is 0.481 e. The fraction of sp³-hybridized carbons (Fsp3) is 0.500. The van der Waals surface area contributed by atoms with Crippen LogP contribution in [0.5, 0.6) is 0 Å². The number of rotatable bonds is 3. The van der Waals surface area contributed by atoms with E-state index in [-0.39, 0.29) is 6.42 Å². The first kappa shape index (κ1) is 12.1. The zero-order valence-electron chi connectivity index (χ0n) is 10.1. The van der Waals surface area contributed by atoms with Gasteiger partial charge in [0, 0.05) is 6.61 Å². The summed E-state index contributed by atoms with van der Waals surface area (Å²) in [5, 5.41) is 9.10. The molecular weight excluding hydrogens is 216 g/mol. The first-order valence-corrected chi connectivity index (χ1v) is 6.04. The van der Waals surface area contributed by atoms with E-state index in [1.165, 1.54) is 0 Å². The third-order valence-electron chi connectivity index (χ3n) is 3.40. The maximum atomic E-state index is 11.1. The maximum absolute atomic E-state index is 11.1. The zero-order valence-corrected chi connectivity index (χ0v) is 10.1. The Morgan fingerprint density at radius 2 is 2.18 bits per heavy atom. The van der Waals surface area contributed by atoms with Crippen LogP contribution in [0.3, 0.4) is 0 Å². The highest BCUT2D eigenvalue weighted by Crippen LogP contribution is 2.40. The quantitative estimate of drug-likeness (QED) is 0.874. The van der Waals surface area contributed by atoms with Gasteiger partial charge in [-0.05, 0) is 24.3 Å². The van der Waals surface area contributed by atoms with E-state index < -0.39 is 11.6 Å². The molecule has 17 heavy (non-hydrogen) atoms. The summed E-state index contributed by atoms with van der Waals surface area (Å²) in [7, 11) is 0. The summed E-state index contributed by atoms with van der Waals surface area (Å²) in [5.74, 6) is -0.300. The van der Waals surface area contributed by atoms with Crippen LogP contribution in [0.4, 0.5) is 0 Å². The summed E-state index contributed by atoms with van der Waals surface area (Å²) in [6.45, 7) is 2.80. The lowest BCUT2D eigenvalue weighted by Gasteiger charge is -2.39. The van der Waals surface area contributed by atoms with E-state index in [4.69, 9.17) is 9.84 Å². The molecule has 1 N–H and O–H groups in total. The van der Waals surface area contributed by atoms with E-state index in [0.29, 0.717) is 12.5 Å². The van der Waals surface area contributed by atoms with Crippen molar-refractivity contribution in [3.63, 3.8) is 0 Å². The molecule has 3 nitrogen and oxygen atoms in total. The number of benzene rings is 1. The Balaban J connectivity index is 2.32. The molecule has 0 radical (unpaired) electrons. The van der Waals surface area contributed by atoms with Gasteiger partial charge in [0.2, 0.25) is 0 Å². The van der Waals surface area contributed by atoms with Crippen LogP contribution in [0, 0.1) is 5.92 Å². The van der Waals surface area contributed by atoms with E-state index in [1.807, 2.05) is 30.3 Å². The second kappa shape index (κ2) is 4.88. The molecule has 1 heterocycles. The van der Waals surface area contributed by atoms with E-state index in [2.05, 4.69) is 6.92 Å². The lowest BCUT2D eigenvalue weighted by atomic mass is 9.79. The SMILES string of the molecule is C[C@@H]1CCO[C@](CC(=O)O)(c2ccccc2)C1. The van der Waals surface area contributed by atoms with Crippen molar-refractivity contribution < 1.29 is 14.6 Å². The van der Waals surface area contributed by atoms with Crippen molar-refractivity contribution in [2.75, 3.05) is 6.61 Å². The van der Waals surface area contributed by atoms with Gasteiger partial charge in [0.25, 0.3) is 0 Å². The number of aliphatic carboxylic acids is 1. The van der Waals surface area contributed by atoms with Crippen molar-refractivity contribution in [2.24, 2.45) is 5.92 Å². The highest BCUT2D eigenvalue weighted by Gasteiger charge is 2.39. The molecule has 0 bridgehead atoms. The third kappa shape index (κ3) is 2.67. The van der Waals surface area contributed by atoms with Crippen LogP contribution in [0.15, 0.2) is 30.3 Å². The van der Waals surface area contributed by atoms with E-state index in [9.17, 15) is 4.79 Å². The van der Waals surface area contributed by atoms with Gasteiger partial charge in [0.05, 0.1) is 6.42 Å². The molecule has 1 aliphatic heterocycles. The van der Waals surface area contributed by atoms with Crippen LogP contribution in [0.1, 0.15) is 31.7 Å². The second-order valence-corrected chi connectivity index (χ2v) is 4.88. The molecule has 1 aromatic carbocycles. The summed E-state index contributed by atoms with van der Waals surface area (Å²) in [4.78, 5) is 11.1. The number of hydrogen-bond acceptors (Lipinski definition) is 2. The number of carboxylic acid groups (broad SMARTS) is 1. The molecule has 92 valence electrons. The summed E-state index contributed by atoms with van der Waals surface area (Å²) >= 11 is 0. The number of ether oxygens (including phenoxy) is 1. The highest BCUT2D eigenvalue weighted by atomic mass is 16.5. The zero-order chi connectivity index (χ0) is 12.3. The monoisotopic (exact) mass is 234 g/mol. The third-order valence-corrected chi connectivity index (χ3v) is 3.40. The fourth-order valence-electron chi connectivity index (χ4n) is 2.59. The average molecular weight is 234 g/mol. The molecule has 1 aromatic rings. The first-order chi connectivity index (χ1) is 8.12. The van der Waals surface area contributed by atoms with Crippen molar-refractivity contribution >= 4 is 5.97 Å². The molecule has 2 atom stereocenters. The van der Waals surface area contributed by atoms with Gasteiger partial charge >= 0.3 is 5.97 Å². The van der Waals surface area contributed by atoms with Crippen molar-refractivity contribution in [1.29, 1.82) is 0 Å². The minimum absolute atomic E-state index is 0.0430. The standard InChI is InChI=1S/C14H18O3/c1-11-7-8-17-14(9-11,10-13(15)16)12-5-3-2-4-6-12/h2-6,11H,7-10H2,1H3,(H,15,16)/t11-,14-/m1/s1. The molecular formula is C14H18O3. The number of hydrogen-bond donors (Lipinski definition) is 1. The van der Waals surface area contributed by atoms with Crippen molar-refractivity contribution in [3.05, 3.63) is 35.9 Å². The molecule has 0 saturated carbocycles. The molecule has 1 saturated heterocycles. The molecule has 0 aromatic heterocycles. The minimum atomic E-state index is -0.803. The molecule has 0 aliphatic carbocycles. The van der Waals surface area contributed by atoms with Crippen molar-refractivity contribution in [3.8, 4) is 0 Å². The fourth-order valence-corrected chi connectivity index (χ4v) is 2.59. The van der Waals surface area contributed by atoms with Gasteiger partial charge in [-0.15, -0.1) is 0 Å². The molecule has 0 unspecified atom stereocenters. The Morgan fingerprint density at radius 3 is 2.76 bits per heavy atom. The predicted molar refractivity (Wildman–Crippen MR) is 64.7 cm³/mol. The molecule has 1 fully saturated rings. The highest BCUT2D eigenvalue weighted by molar-refractivity contribution is 5.68. The molecule has 1 aliphatic rings. The van der Waals surface area contributed by atoms with Gasteiger partial charge in [-0.3, -0.25) is 4.79 Å². The molecule has 3 heteroatoms. The normalized spacial score (nSPS) is 28.9. The van der Waals surface area contributed by atoms with Crippen LogP contribution in [-0.2, 0) is 15.1 Å². The van der Waals surface area contributed by atoms with Crippen LogP contribution < -0.4 is 0 Å². The Labute approximate surface area is 101 Å². The van der Waals surface area contributed by atoms with Crippen LogP contribution >= 0.6 is 0 Å². The topological polar surface area (TPSA) is 46.5 Å². The Morgan fingerprint density at radius 1 is 1.47 bits per heavy atom. The average Bonchev–Trinajstić information content (AvgIpc) is 2.29. The number of carboxylic acids is 1. The molecule has 0 amide bonds. The maximum Gasteiger partial charge on any atom is 0.306 e. The van der Waals surface area contributed by atoms with Crippen LogP contribution in [0.2, 0.25) is 0 Å². The van der Waals surface area contributed by atoms with Crippen molar-refractivity contribution in [1.82, 2.24) is 0 Å². The summed E-state index contributed by atoms with van der Waals surface area (Å²) < 4.78 is 5.85. The summed E-state index contributed by atoms with van der Waals surface area (Å²) in [6.07, 6.45) is 1.83. The Hall–Kier alpha value is -1.35. The van der Waals surface area contributed by atoms with Gasteiger partial charge in [-0.1, -0.05) is 37.3 Å². The molecule has 0 spiro atoms. The second-order valence-electron chi connectivity index (χ2n) is 4.88. The van der Waals surface area contributed by atoms with E-state index >= 15 is 0 Å². The first-order valence-electron chi connectivity index (χ1n) is 6.04. The van der Waals surface area contributed by atoms with Crippen LogP contribution in [0.25, 0.3) is 0 Å². The summed E-state index contributed by atoms with van der Waals surface area (Å²) in [5.41, 5.74) is 0.346. The number of carbonyl (C=O) groups is 1. The van der Waals surface area contributed by atoms with Gasteiger partial charge in [0.1, 0.15) is 5.60 Å². The van der Waals surface area contributed by atoms with Gasteiger partial charge in [0.15, 0.2) is 0 Å².